The topological polar surface area (TPSA) is 32.3 Å². The van der Waals surface area contributed by atoms with Crippen molar-refractivity contribution in [2.45, 2.75) is 11.7 Å². The monoisotopic (exact) mass is 252 g/mol. The Balaban J connectivity index is 2.73. The second-order valence-corrected chi connectivity index (χ2v) is 5.80. The van der Waals surface area contributed by atoms with E-state index in [0.29, 0.717) is 6.54 Å². The maximum absolute atomic E-state index is 12.2. The summed E-state index contributed by atoms with van der Waals surface area (Å²) >= 11 is 1.57. The molecule has 0 aromatic heterocycles. The third-order valence-electron chi connectivity index (χ3n) is 2.58. The van der Waals surface area contributed by atoms with E-state index in [1.807, 2.05) is 62.5 Å². The van der Waals surface area contributed by atoms with Crippen LogP contribution in [0.25, 0.3) is 0 Å². The highest BCUT2D eigenvalue weighted by Crippen LogP contribution is 2.25. The van der Waals surface area contributed by atoms with Crippen molar-refractivity contribution in [3.63, 3.8) is 0 Å². The van der Waals surface area contributed by atoms with Gasteiger partial charge in [-0.15, -0.1) is 11.8 Å². The number of nitrogens with one attached hydrogen (secondary N) is 1. The first-order valence-corrected chi connectivity index (χ1v) is 6.77. The molecule has 3 nitrogen and oxygen atoms in total. The van der Waals surface area contributed by atoms with E-state index >= 15 is 0 Å². The Bertz CT molecular complexity index is 367. The van der Waals surface area contributed by atoms with Crippen LogP contribution in [-0.4, -0.2) is 42.4 Å². The Morgan fingerprint density at radius 2 is 1.94 bits per heavy atom. The van der Waals surface area contributed by atoms with Crippen molar-refractivity contribution in [2.24, 2.45) is 0 Å². The Kier molecular flexibility index (Phi) is 5.02. The number of rotatable bonds is 5. The fourth-order valence-electron chi connectivity index (χ4n) is 1.62. The van der Waals surface area contributed by atoms with E-state index in [0.717, 1.165) is 5.69 Å². The number of amides is 1. The van der Waals surface area contributed by atoms with Crippen LogP contribution >= 0.6 is 11.8 Å². The first kappa shape index (κ1) is 14.1. The molecular weight excluding hydrogens is 232 g/mol. The van der Waals surface area contributed by atoms with Crippen LogP contribution in [0, 0.1) is 0 Å². The minimum absolute atomic E-state index is 0.0462. The molecule has 0 aliphatic rings. The summed E-state index contributed by atoms with van der Waals surface area (Å²) in [6, 6.07) is 9.56. The predicted octanol–water partition coefficient (Wildman–Crippen LogP) is 2.31. The molecule has 0 heterocycles. The zero-order chi connectivity index (χ0) is 12.9. The van der Waals surface area contributed by atoms with Crippen molar-refractivity contribution in [1.82, 2.24) is 4.90 Å². The van der Waals surface area contributed by atoms with Crippen LogP contribution in [0.1, 0.15) is 6.92 Å². The normalized spacial score (nSPS) is 14.4. The molecule has 1 amide bonds. The molecule has 0 aliphatic carbocycles. The first-order chi connectivity index (χ1) is 7.98. The summed E-state index contributed by atoms with van der Waals surface area (Å²) in [5.74, 6) is 0.0462. The lowest BCUT2D eigenvalue weighted by atomic mass is 10.1. The molecule has 17 heavy (non-hydrogen) atoms. The van der Waals surface area contributed by atoms with Crippen LogP contribution in [0.5, 0.6) is 0 Å². The van der Waals surface area contributed by atoms with Crippen molar-refractivity contribution < 1.29 is 4.79 Å². The highest BCUT2D eigenvalue weighted by Gasteiger charge is 2.32. The molecular formula is C13H20N2OS. The van der Waals surface area contributed by atoms with Crippen LogP contribution in [0.4, 0.5) is 5.69 Å². The van der Waals surface area contributed by atoms with Gasteiger partial charge in [0.25, 0.3) is 0 Å². The number of carbonyl (C=O) groups excluding carboxylic acids is 1. The molecule has 1 atom stereocenters. The molecule has 1 aromatic carbocycles. The van der Waals surface area contributed by atoms with Crippen LogP contribution < -0.4 is 5.32 Å². The van der Waals surface area contributed by atoms with Gasteiger partial charge in [-0.1, -0.05) is 18.2 Å². The molecule has 1 rings (SSSR count). The van der Waals surface area contributed by atoms with Gasteiger partial charge in [0.2, 0.25) is 5.91 Å². The molecule has 4 heteroatoms. The smallest absolute Gasteiger partial charge is 0.241 e. The average molecular weight is 252 g/mol. The van der Waals surface area contributed by atoms with Gasteiger partial charge in [0.05, 0.1) is 0 Å². The summed E-state index contributed by atoms with van der Waals surface area (Å²) in [6.07, 6.45) is 1.97. The quantitative estimate of drug-likeness (QED) is 0.873. The van der Waals surface area contributed by atoms with E-state index in [-0.39, 0.29) is 5.91 Å². The number of carbonyl (C=O) groups is 1. The third-order valence-corrected chi connectivity index (χ3v) is 3.80. The molecule has 94 valence electrons. The van der Waals surface area contributed by atoms with Crippen molar-refractivity contribution in [3.05, 3.63) is 30.3 Å². The number of hydrogen-bond acceptors (Lipinski definition) is 3. The second-order valence-electron chi connectivity index (χ2n) is 4.49. The van der Waals surface area contributed by atoms with Crippen molar-refractivity contribution in [1.29, 1.82) is 0 Å². The number of benzene rings is 1. The Hall–Kier alpha value is -1.00. The van der Waals surface area contributed by atoms with E-state index in [1.54, 1.807) is 11.8 Å². The molecule has 0 saturated carbocycles. The van der Waals surface area contributed by atoms with Crippen LogP contribution in [0.15, 0.2) is 30.3 Å². The van der Waals surface area contributed by atoms with E-state index in [2.05, 4.69) is 5.32 Å². The number of nitrogens with zero attached hydrogens (tertiary/aromatic N) is 1. The fraction of sp³-hybridized carbons (Fsp3) is 0.462. The second kappa shape index (κ2) is 6.07. The molecule has 0 spiro atoms. The van der Waals surface area contributed by atoms with Crippen molar-refractivity contribution in [2.75, 3.05) is 32.2 Å². The summed E-state index contributed by atoms with van der Waals surface area (Å²) < 4.78 is -0.431. The van der Waals surface area contributed by atoms with Gasteiger partial charge in [-0.2, -0.15) is 0 Å². The maximum atomic E-state index is 12.2. The first-order valence-electron chi connectivity index (χ1n) is 5.54. The average Bonchev–Trinajstić information content (AvgIpc) is 2.29. The summed E-state index contributed by atoms with van der Waals surface area (Å²) in [4.78, 5) is 14.3. The van der Waals surface area contributed by atoms with Gasteiger partial charge in [-0.25, -0.2) is 0 Å². The van der Waals surface area contributed by atoms with Gasteiger partial charge in [0, 0.05) is 12.2 Å². The molecule has 0 saturated heterocycles. The lowest BCUT2D eigenvalue weighted by molar-refractivity contribution is -0.118. The Morgan fingerprint density at radius 3 is 2.41 bits per heavy atom. The molecule has 1 aromatic rings. The van der Waals surface area contributed by atoms with Crippen LogP contribution in [-0.2, 0) is 4.79 Å². The highest BCUT2D eigenvalue weighted by molar-refractivity contribution is 8.00. The Morgan fingerprint density at radius 1 is 1.35 bits per heavy atom. The SMILES string of the molecule is CSC(C)(CN(C)C)C(=O)Nc1ccccc1. The molecule has 1 N–H and O–H groups in total. The van der Waals surface area contributed by atoms with E-state index in [1.165, 1.54) is 0 Å². The largest absolute Gasteiger partial charge is 0.325 e. The lowest BCUT2D eigenvalue weighted by Crippen LogP contribution is -2.44. The Labute approximate surface area is 108 Å². The van der Waals surface area contributed by atoms with Gasteiger partial charge in [0.15, 0.2) is 0 Å². The molecule has 1 unspecified atom stereocenters. The highest BCUT2D eigenvalue weighted by atomic mass is 32.2. The van der Waals surface area contributed by atoms with Gasteiger partial charge in [-0.3, -0.25) is 4.79 Å². The van der Waals surface area contributed by atoms with Gasteiger partial charge >= 0.3 is 0 Å². The molecule has 0 aliphatic heterocycles. The third kappa shape index (κ3) is 4.06. The fourth-order valence-corrected chi connectivity index (χ4v) is 2.24. The van der Waals surface area contributed by atoms with Gasteiger partial charge in [0.1, 0.15) is 4.75 Å². The number of para-hydroxylation sites is 1. The number of hydrogen-bond donors (Lipinski definition) is 1. The summed E-state index contributed by atoms with van der Waals surface area (Å²) in [7, 11) is 3.95. The van der Waals surface area contributed by atoms with Gasteiger partial charge < -0.3 is 10.2 Å². The van der Waals surface area contributed by atoms with E-state index in [4.69, 9.17) is 0 Å². The summed E-state index contributed by atoms with van der Waals surface area (Å²) in [6.45, 7) is 2.68. The number of thioether (sulfide) groups is 1. The van der Waals surface area contributed by atoms with Crippen LogP contribution in [0.2, 0.25) is 0 Å². The van der Waals surface area contributed by atoms with Gasteiger partial charge in [-0.05, 0) is 39.4 Å². The summed E-state index contributed by atoms with van der Waals surface area (Å²) in [5, 5.41) is 2.95. The van der Waals surface area contributed by atoms with E-state index in [9.17, 15) is 4.79 Å². The lowest BCUT2D eigenvalue weighted by Gasteiger charge is -2.29. The van der Waals surface area contributed by atoms with Crippen molar-refractivity contribution in [3.8, 4) is 0 Å². The van der Waals surface area contributed by atoms with Crippen molar-refractivity contribution >= 4 is 23.4 Å². The molecule has 0 bridgehead atoms. The zero-order valence-electron chi connectivity index (χ0n) is 10.9. The minimum Gasteiger partial charge on any atom is -0.325 e. The number of anilines is 1. The standard InChI is InChI=1S/C13H20N2OS/c1-13(17-4,10-15(2)3)12(16)14-11-8-6-5-7-9-11/h5-9H,10H2,1-4H3,(H,14,16). The molecule has 0 radical (unpaired) electrons. The molecule has 0 fully saturated rings. The summed E-state index contributed by atoms with van der Waals surface area (Å²) in [5.41, 5.74) is 0.844. The van der Waals surface area contributed by atoms with Crippen LogP contribution in [0.3, 0.4) is 0 Å². The predicted molar refractivity (Wildman–Crippen MR) is 75.5 cm³/mol. The van der Waals surface area contributed by atoms with E-state index < -0.39 is 4.75 Å². The zero-order valence-corrected chi connectivity index (χ0v) is 11.7. The maximum Gasteiger partial charge on any atom is 0.241 e. The minimum atomic E-state index is -0.431.